The van der Waals surface area contributed by atoms with Crippen molar-refractivity contribution in [3.63, 3.8) is 0 Å². The van der Waals surface area contributed by atoms with Crippen LogP contribution in [-0.2, 0) is 4.79 Å². The Morgan fingerprint density at radius 3 is 2.25 bits per heavy atom. The number of carbonyl (C=O) groups is 3. The smallest absolute Gasteiger partial charge is 0.336 e. The molecule has 1 aliphatic rings. The van der Waals surface area contributed by atoms with Crippen LogP contribution in [0.25, 0.3) is 0 Å². The maximum Gasteiger partial charge on any atom is 0.336 e. The first-order chi connectivity index (χ1) is 13.1. The van der Waals surface area contributed by atoms with Crippen LogP contribution in [0.4, 0.5) is 10.5 Å². The van der Waals surface area contributed by atoms with Crippen LogP contribution in [0.3, 0.4) is 0 Å². The second kappa shape index (κ2) is 7.62. The summed E-state index contributed by atoms with van der Waals surface area (Å²) >= 11 is 17.7. The van der Waals surface area contributed by atoms with Crippen LogP contribution in [0.2, 0.25) is 15.1 Å². The zero-order chi connectivity index (χ0) is 20.6. The first kappa shape index (κ1) is 20.5. The van der Waals surface area contributed by atoms with E-state index in [9.17, 15) is 14.4 Å². The minimum Gasteiger partial charge on any atom is -0.367 e. The standard InChI is InChI=1S/C19H16Cl3N3O3/c1-19(2)17(27)24(10-23-13-7-8-14(21)15(22)9-13)18(28)25(19)16(26)11-3-5-12(20)6-4-11/h3-9,23H,10H2,1-2H3. The Morgan fingerprint density at radius 2 is 1.64 bits per heavy atom. The molecule has 9 heteroatoms. The average Bonchev–Trinajstić information content (AvgIpc) is 2.81. The van der Waals surface area contributed by atoms with E-state index in [-0.39, 0.29) is 12.2 Å². The molecule has 0 atom stereocenters. The van der Waals surface area contributed by atoms with Gasteiger partial charge in [-0.25, -0.2) is 14.6 Å². The van der Waals surface area contributed by atoms with Gasteiger partial charge in [0.15, 0.2) is 0 Å². The second-order valence-corrected chi connectivity index (χ2v) is 7.94. The third kappa shape index (κ3) is 3.68. The van der Waals surface area contributed by atoms with Gasteiger partial charge in [-0.3, -0.25) is 9.59 Å². The van der Waals surface area contributed by atoms with Gasteiger partial charge < -0.3 is 5.32 Å². The zero-order valence-corrected chi connectivity index (χ0v) is 17.3. The summed E-state index contributed by atoms with van der Waals surface area (Å²) in [5.41, 5.74) is -0.485. The summed E-state index contributed by atoms with van der Waals surface area (Å²) in [5, 5.41) is 4.14. The Kier molecular flexibility index (Phi) is 5.57. The zero-order valence-electron chi connectivity index (χ0n) is 15.0. The molecular formula is C19H16Cl3N3O3. The summed E-state index contributed by atoms with van der Waals surface area (Å²) in [7, 11) is 0. The summed E-state index contributed by atoms with van der Waals surface area (Å²) in [6.45, 7) is 2.93. The maximum absolute atomic E-state index is 12.9. The molecule has 0 aromatic heterocycles. The van der Waals surface area contributed by atoms with Crippen molar-refractivity contribution in [1.29, 1.82) is 0 Å². The Balaban J connectivity index is 1.81. The molecule has 0 saturated carbocycles. The quantitative estimate of drug-likeness (QED) is 0.687. The van der Waals surface area contributed by atoms with E-state index >= 15 is 0 Å². The highest BCUT2D eigenvalue weighted by molar-refractivity contribution is 6.42. The highest BCUT2D eigenvalue weighted by atomic mass is 35.5. The minimum absolute atomic E-state index is 0.122. The third-order valence-electron chi connectivity index (χ3n) is 4.40. The van der Waals surface area contributed by atoms with Gasteiger partial charge in [0.2, 0.25) is 0 Å². The van der Waals surface area contributed by atoms with E-state index in [4.69, 9.17) is 34.8 Å². The number of nitrogens with one attached hydrogen (secondary N) is 1. The molecule has 146 valence electrons. The van der Waals surface area contributed by atoms with Crippen LogP contribution in [0.15, 0.2) is 42.5 Å². The molecule has 1 N–H and O–H groups in total. The van der Waals surface area contributed by atoms with Crippen molar-refractivity contribution in [3.8, 4) is 0 Å². The third-order valence-corrected chi connectivity index (χ3v) is 5.40. The lowest BCUT2D eigenvalue weighted by Gasteiger charge is -2.25. The number of hydrogen-bond acceptors (Lipinski definition) is 4. The van der Waals surface area contributed by atoms with Crippen molar-refractivity contribution in [2.24, 2.45) is 0 Å². The number of benzene rings is 2. The molecule has 1 aliphatic heterocycles. The van der Waals surface area contributed by atoms with Crippen molar-refractivity contribution >= 4 is 58.3 Å². The predicted molar refractivity (Wildman–Crippen MR) is 109 cm³/mol. The fourth-order valence-electron chi connectivity index (χ4n) is 2.85. The average molecular weight is 441 g/mol. The van der Waals surface area contributed by atoms with E-state index in [1.807, 2.05) is 0 Å². The molecule has 4 amide bonds. The number of nitrogens with zero attached hydrogens (tertiary/aromatic N) is 2. The van der Waals surface area contributed by atoms with Crippen molar-refractivity contribution in [2.75, 3.05) is 12.0 Å². The number of carbonyl (C=O) groups excluding carboxylic acids is 3. The second-order valence-electron chi connectivity index (χ2n) is 6.69. The molecule has 6 nitrogen and oxygen atoms in total. The molecule has 2 aromatic rings. The summed E-state index contributed by atoms with van der Waals surface area (Å²) in [6, 6.07) is 10.3. The van der Waals surface area contributed by atoms with Crippen LogP contribution in [0.1, 0.15) is 24.2 Å². The molecule has 1 heterocycles. The van der Waals surface area contributed by atoms with E-state index in [2.05, 4.69) is 5.32 Å². The number of amides is 4. The van der Waals surface area contributed by atoms with Gasteiger partial charge in [0.1, 0.15) is 5.54 Å². The van der Waals surface area contributed by atoms with E-state index < -0.39 is 23.4 Å². The largest absolute Gasteiger partial charge is 0.367 e. The van der Waals surface area contributed by atoms with Gasteiger partial charge in [-0.15, -0.1) is 0 Å². The molecule has 0 bridgehead atoms. The Hall–Kier alpha value is -2.28. The Bertz CT molecular complexity index is 961. The summed E-state index contributed by atoms with van der Waals surface area (Å²) in [6.07, 6.45) is 0. The fourth-order valence-corrected chi connectivity index (χ4v) is 3.27. The molecule has 2 aromatic carbocycles. The van der Waals surface area contributed by atoms with Gasteiger partial charge >= 0.3 is 6.03 Å². The van der Waals surface area contributed by atoms with E-state index in [1.54, 1.807) is 30.3 Å². The topological polar surface area (TPSA) is 69.7 Å². The number of rotatable bonds is 4. The van der Waals surface area contributed by atoms with Crippen LogP contribution < -0.4 is 5.32 Å². The normalized spacial score (nSPS) is 15.9. The molecule has 1 fully saturated rings. The molecule has 28 heavy (non-hydrogen) atoms. The van der Waals surface area contributed by atoms with Crippen molar-refractivity contribution in [1.82, 2.24) is 9.80 Å². The number of imide groups is 2. The van der Waals surface area contributed by atoms with E-state index in [0.29, 0.717) is 20.8 Å². The molecular weight excluding hydrogens is 425 g/mol. The first-order valence-electron chi connectivity index (χ1n) is 8.28. The van der Waals surface area contributed by atoms with E-state index in [0.717, 1.165) is 9.80 Å². The lowest BCUT2D eigenvalue weighted by atomic mass is 10.0. The molecule has 0 aliphatic carbocycles. The monoisotopic (exact) mass is 439 g/mol. The van der Waals surface area contributed by atoms with Crippen molar-refractivity contribution < 1.29 is 14.4 Å². The molecule has 0 radical (unpaired) electrons. The van der Waals surface area contributed by atoms with Gasteiger partial charge in [-0.1, -0.05) is 34.8 Å². The lowest BCUT2D eigenvalue weighted by Crippen LogP contribution is -2.47. The van der Waals surface area contributed by atoms with Crippen LogP contribution in [-0.4, -0.2) is 39.9 Å². The number of hydrogen-bond donors (Lipinski definition) is 1. The number of halogens is 3. The van der Waals surface area contributed by atoms with Gasteiger partial charge in [0, 0.05) is 16.3 Å². The summed E-state index contributed by atoms with van der Waals surface area (Å²) < 4.78 is 0. The summed E-state index contributed by atoms with van der Waals surface area (Å²) in [4.78, 5) is 40.4. The summed E-state index contributed by atoms with van der Waals surface area (Å²) in [5.74, 6) is -1.07. The lowest BCUT2D eigenvalue weighted by molar-refractivity contribution is -0.131. The predicted octanol–water partition coefficient (Wildman–Crippen LogP) is 4.90. The van der Waals surface area contributed by atoms with Gasteiger partial charge in [0.25, 0.3) is 11.8 Å². The Labute approximate surface area is 177 Å². The number of anilines is 1. The first-order valence-corrected chi connectivity index (χ1v) is 9.41. The van der Waals surface area contributed by atoms with Crippen molar-refractivity contribution in [2.45, 2.75) is 19.4 Å². The van der Waals surface area contributed by atoms with Crippen LogP contribution >= 0.6 is 34.8 Å². The van der Waals surface area contributed by atoms with Gasteiger partial charge in [0.05, 0.1) is 16.7 Å². The minimum atomic E-state index is -1.33. The van der Waals surface area contributed by atoms with Gasteiger partial charge in [-0.05, 0) is 56.3 Å². The van der Waals surface area contributed by atoms with Crippen molar-refractivity contribution in [3.05, 3.63) is 63.1 Å². The highest BCUT2D eigenvalue weighted by Gasteiger charge is 2.54. The molecule has 1 saturated heterocycles. The SMILES string of the molecule is CC1(C)C(=O)N(CNc2ccc(Cl)c(Cl)c2)C(=O)N1C(=O)c1ccc(Cl)cc1. The highest BCUT2D eigenvalue weighted by Crippen LogP contribution is 2.30. The van der Waals surface area contributed by atoms with E-state index in [1.165, 1.54) is 26.0 Å². The molecule has 3 rings (SSSR count). The Morgan fingerprint density at radius 1 is 1.00 bits per heavy atom. The molecule has 0 spiro atoms. The fraction of sp³-hybridized carbons (Fsp3) is 0.211. The van der Waals surface area contributed by atoms with Crippen LogP contribution in [0.5, 0.6) is 0 Å². The maximum atomic E-state index is 12.9. The molecule has 0 unspecified atom stereocenters. The van der Waals surface area contributed by atoms with Gasteiger partial charge in [-0.2, -0.15) is 0 Å². The van der Waals surface area contributed by atoms with Crippen LogP contribution in [0, 0.1) is 0 Å². The number of urea groups is 1.